The molecule has 1 aliphatic rings. The van der Waals surface area contributed by atoms with Gasteiger partial charge in [-0.1, -0.05) is 6.92 Å². The van der Waals surface area contributed by atoms with Crippen molar-refractivity contribution in [3.05, 3.63) is 71.6 Å². The molecule has 9 heteroatoms. The van der Waals surface area contributed by atoms with Crippen LogP contribution in [0.1, 0.15) is 35.7 Å². The van der Waals surface area contributed by atoms with E-state index in [2.05, 4.69) is 27.2 Å². The number of benzene rings is 2. The van der Waals surface area contributed by atoms with Gasteiger partial charge < -0.3 is 14.6 Å². The Bertz CT molecular complexity index is 1380. The highest BCUT2D eigenvalue weighted by Gasteiger charge is 2.35. The number of nitrogens with zero attached hydrogens (tertiary/aromatic N) is 4. The minimum atomic E-state index is -0.452. The van der Waals surface area contributed by atoms with Gasteiger partial charge in [0.1, 0.15) is 17.2 Å². The van der Waals surface area contributed by atoms with E-state index in [1.165, 1.54) is 18.2 Å². The van der Waals surface area contributed by atoms with Crippen molar-refractivity contribution in [2.45, 2.75) is 32.7 Å². The Morgan fingerprint density at radius 3 is 2.80 bits per heavy atom. The number of anilines is 1. The molecule has 1 saturated heterocycles. The predicted molar refractivity (Wildman–Crippen MR) is 128 cm³/mol. The summed E-state index contributed by atoms with van der Waals surface area (Å²) in [5, 5.41) is 3.17. The van der Waals surface area contributed by atoms with Crippen molar-refractivity contribution in [2.75, 3.05) is 18.4 Å². The van der Waals surface area contributed by atoms with Crippen LogP contribution in [-0.4, -0.2) is 44.9 Å². The zero-order valence-corrected chi connectivity index (χ0v) is 19.5. The van der Waals surface area contributed by atoms with Gasteiger partial charge in [0.05, 0.1) is 11.6 Å². The second-order valence-corrected chi connectivity index (χ2v) is 8.86. The summed E-state index contributed by atoms with van der Waals surface area (Å²) >= 11 is 0. The molecule has 4 aromatic rings. The molecule has 0 spiro atoms. The average molecular weight is 478 g/mol. The van der Waals surface area contributed by atoms with Crippen LogP contribution in [0.15, 0.2) is 53.2 Å². The number of piperidine rings is 1. The van der Waals surface area contributed by atoms with Crippen LogP contribution in [-0.2, 0) is 0 Å². The van der Waals surface area contributed by atoms with Crippen LogP contribution in [0.5, 0.6) is 0 Å². The SMILES string of the molecule is Cc1c(F)ccc(-c2ncccn2)c1C(=O)N1CCCC(C)C1CNc1nc2ccc(F)cc2o1. The standard InChI is InChI=1S/C26H25F2N5O2/c1-15-5-3-12-33(21(15)14-31-26-32-20-9-6-17(27)13-22(20)35-26)25(34)23-16(2)19(28)8-7-18(23)24-29-10-4-11-30-24/h4,6-11,13,15,21H,3,5,12,14H2,1-2H3,(H,31,32). The molecule has 1 fully saturated rings. The van der Waals surface area contributed by atoms with E-state index in [-0.39, 0.29) is 35.0 Å². The molecule has 35 heavy (non-hydrogen) atoms. The molecule has 1 N–H and O–H groups in total. The van der Waals surface area contributed by atoms with E-state index in [1.54, 1.807) is 42.4 Å². The van der Waals surface area contributed by atoms with Crippen molar-refractivity contribution in [3.8, 4) is 11.4 Å². The van der Waals surface area contributed by atoms with E-state index in [1.807, 2.05) is 0 Å². The van der Waals surface area contributed by atoms with E-state index >= 15 is 0 Å². The molecule has 0 bridgehead atoms. The summed E-state index contributed by atoms with van der Waals surface area (Å²) < 4.78 is 33.7. The number of amides is 1. The molecule has 2 aromatic carbocycles. The number of nitrogens with one attached hydrogen (secondary N) is 1. The van der Waals surface area contributed by atoms with Crippen LogP contribution in [0.3, 0.4) is 0 Å². The van der Waals surface area contributed by atoms with Gasteiger partial charge in [-0.25, -0.2) is 18.7 Å². The number of rotatable bonds is 5. The summed E-state index contributed by atoms with van der Waals surface area (Å²) in [4.78, 5) is 28.6. The van der Waals surface area contributed by atoms with Crippen LogP contribution >= 0.6 is 0 Å². The second kappa shape index (κ2) is 9.40. The zero-order valence-electron chi connectivity index (χ0n) is 19.5. The molecule has 3 heterocycles. The zero-order chi connectivity index (χ0) is 24.5. The highest BCUT2D eigenvalue weighted by Crippen LogP contribution is 2.31. The fourth-order valence-electron chi connectivity index (χ4n) is 4.71. The van der Waals surface area contributed by atoms with Gasteiger partial charge in [-0.05, 0) is 61.6 Å². The molecule has 180 valence electrons. The number of likely N-dealkylation sites (tertiary alicyclic amines) is 1. The Morgan fingerprint density at radius 1 is 1.20 bits per heavy atom. The van der Waals surface area contributed by atoms with Crippen LogP contribution in [0.2, 0.25) is 0 Å². The van der Waals surface area contributed by atoms with Crippen molar-refractivity contribution in [1.82, 2.24) is 19.9 Å². The molecular formula is C26H25F2N5O2. The van der Waals surface area contributed by atoms with E-state index in [0.717, 1.165) is 12.8 Å². The molecule has 0 saturated carbocycles. The monoisotopic (exact) mass is 477 g/mol. The number of carbonyl (C=O) groups excluding carboxylic acids is 1. The van der Waals surface area contributed by atoms with Crippen LogP contribution in [0.25, 0.3) is 22.5 Å². The highest BCUT2D eigenvalue weighted by atomic mass is 19.1. The highest BCUT2D eigenvalue weighted by molar-refractivity contribution is 6.01. The Balaban J connectivity index is 1.45. The molecule has 1 aliphatic heterocycles. The first-order valence-corrected chi connectivity index (χ1v) is 11.6. The van der Waals surface area contributed by atoms with Gasteiger partial charge in [0, 0.05) is 37.1 Å². The summed E-state index contributed by atoms with van der Waals surface area (Å²) in [6.45, 7) is 4.62. The molecule has 2 unspecified atom stereocenters. The number of hydrogen-bond donors (Lipinski definition) is 1. The third-order valence-electron chi connectivity index (χ3n) is 6.61. The summed E-state index contributed by atoms with van der Waals surface area (Å²) in [5.74, 6) is -0.555. The maximum Gasteiger partial charge on any atom is 0.295 e. The lowest BCUT2D eigenvalue weighted by Crippen LogP contribution is -2.51. The molecule has 0 radical (unpaired) electrons. The van der Waals surface area contributed by atoms with Gasteiger partial charge in [-0.3, -0.25) is 4.79 Å². The Kier molecular flexibility index (Phi) is 6.15. The van der Waals surface area contributed by atoms with Crippen molar-refractivity contribution >= 4 is 23.0 Å². The summed E-state index contributed by atoms with van der Waals surface area (Å²) in [6.07, 6.45) is 4.98. The largest absolute Gasteiger partial charge is 0.423 e. The number of hydrogen-bond acceptors (Lipinski definition) is 6. The lowest BCUT2D eigenvalue weighted by atomic mass is 9.89. The Hall–Kier alpha value is -3.88. The van der Waals surface area contributed by atoms with E-state index in [4.69, 9.17) is 4.42 Å². The molecule has 7 nitrogen and oxygen atoms in total. The molecule has 1 amide bonds. The lowest BCUT2D eigenvalue weighted by Gasteiger charge is -2.40. The summed E-state index contributed by atoms with van der Waals surface area (Å²) in [5.41, 5.74) is 1.93. The fraction of sp³-hybridized carbons (Fsp3) is 0.308. The minimum Gasteiger partial charge on any atom is -0.423 e. The van der Waals surface area contributed by atoms with Crippen molar-refractivity contribution in [2.24, 2.45) is 5.92 Å². The maximum atomic E-state index is 14.6. The Labute approximate surface area is 201 Å². The number of halogens is 2. The fourth-order valence-corrected chi connectivity index (χ4v) is 4.71. The number of carbonyl (C=O) groups is 1. The smallest absolute Gasteiger partial charge is 0.295 e. The van der Waals surface area contributed by atoms with E-state index in [0.29, 0.717) is 35.6 Å². The first-order chi connectivity index (χ1) is 16.9. The average Bonchev–Trinajstić information content (AvgIpc) is 3.26. The third kappa shape index (κ3) is 4.45. The normalized spacial score (nSPS) is 18.1. The first kappa shape index (κ1) is 22.9. The Morgan fingerprint density at radius 2 is 2.00 bits per heavy atom. The third-order valence-corrected chi connectivity index (χ3v) is 6.61. The van der Waals surface area contributed by atoms with E-state index in [9.17, 15) is 13.6 Å². The second-order valence-electron chi connectivity index (χ2n) is 8.86. The van der Waals surface area contributed by atoms with Crippen LogP contribution in [0, 0.1) is 24.5 Å². The van der Waals surface area contributed by atoms with Gasteiger partial charge >= 0.3 is 0 Å². The summed E-state index contributed by atoms with van der Waals surface area (Å²) in [7, 11) is 0. The van der Waals surface area contributed by atoms with Gasteiger partial charge in [0.2, 0.25) is 0 Å². The topological polar surface area (TPSA) is 84.2 Å². The van der Waals surface area contributed by atoms with Gasteiger partial charge in [-0.2, -0.15) is 4.98 Å². The minimum absolute atomic E-state index is 0.185. The molecule has 2 aromatic heterocycles. The summed E-state index contributed by atoms with van der Waals surface area (Å²) in [6, 6.07) is 8.83. The predicted octanol–water partition coefficient (Wildman–Crippen LogP) is 5.22. The van der Waals surface area contributed by atoms with E-state index < -0.39 is 11.6 Å². The first-order valence-electron chi connectivity index (χ1n) is 11.6. The van der Waals surface area contributed by atoms with Crippen LogP contribution in [0.4, 0.5) is 14.8 Å². The molecule has 0 aliphatic carbocycles. The molecule has 2 atom stereocenters. The van der Waals surface area contributed by atoms with Crippen molar-refractivity contribution < 1.29 is 18.0 Å². The van der Waals surface area contributed by atoms with Gasteiger partial charge in [-0.15, -0.1) is 0 Å². The number of aromatic nitrogens is 3. The lowest BCUT2D eigenvalue weighted by molar-refractivity contribution is 0.0538. The van der Waals surface area contributed by atoms with Gasteiger partial charge in [0.15, 0.2) is 11.4 Å². The van der Waals surface area contributed by atoms with Gasteiger partial charge in [0.25, 0.3) is 11.9 Å². The van der Waals surface area contributed by atoms with Crippen LogP contribution < -0.4 is 5.32 Å². The molecular weight excluding hydrogens is 452 g/mol. The molecule has 5 rings (SSSR count). The quantitative estimate of drug-likeness (QED) is 0.424. The number of fused-ring (bicyclic) bond motifs is 1. The van der Waals surface area contributed by atoms with Crippen molar-refractivity contribution in [3.63, 3.8) is 0 Å². The van der Waals surface area contributed by atoms with Crippen molar-refractivity contribution in [1.29, 1.82) is 0 Å². The maximum absolute atomic E-state index is 14.6. The number of oxazole rings is 1.